The first-order chi connectivity index (χ1) is 15.6. The van der Waals surface area contributed by atoms with Crippen LogP contribution in [-0.2, 0) is 13.0 Å². The van der Waals surface area contributed by atoms with Crippen LogP contribution >= 0.6 is 0 Å². The maximum atomic E-state index is 13.8. The van der Waals surface area contributed by atoms with Crippen LogP contribution in [0.2, 0.25) is 0 Å². The molecule has 1 saturated carbocycles. The topological polar surface area (TPSA) is 77.2 Å². The number of rotatable bonds is 7. The van der Waals surface area contributed by atoms with Crippen molar-refractivity contribution in [3.05, 3.63) is 82.8 Å². The zero-order valence-electron chi connectivity index (χ0n) is 17.9. The number of aromatic hydroxyl groups is 1. The van der Waals surface area contributed by atoms with Gasteiger partial charge < -0.3 is 9.84 Å². The van der Waals surface area contributed by atoms with Gasteiger partial charge in [0.1, 0.15) is 23.1 Å². The fourth-order valence-corrected chi connectivity index (χ4v) is 4.02. The molecule has 1 N–H and O–H groups in total. The Morgan fingerprint density at radius 1 is 1.09 bits per heavy atom. The second-order valence-corrected chi connectivity index (χ2v) is 8.32. The Morgan fingerprint density at radius 3 is 2.59 bits per heavy atom. The molecule has 1 atom stereocenters. The molecule has 1 aliphatic rings. The number of benzene rings is 2. The molecule has 2 aromatic heterocycles. The molecular formula is C26H25N3O3. The number of nitrogens with zero attached hydrogens (tertiary/aromatic N) is 3. The number of phenolic OH excluding ortho intramolecular Hbond substituents is 1. The van der Waals surface area contributed by atoms with Gasteiger partial charge in [0.2, 0.25) is 5.88 Å². The summed E-state index contributed by atoms with van der Waals surface area (Å²) in [7, 11) is 0. The van der Waals surface area contributed by atoms with Crippen LogP contribution in [0.15, 0.2) is 71.7 Å². The minimum absolute atomic E-state index is 0.00288. The van der Waals surface area contributed by atoms with E-state index in [2.05, 4.69) is 4.98 Å². The molecule has 0 amide bonds. The zero-order chi connectivity index (χ0) is 22.1. The lowest BCUT2D eigenvalue weighted by atomic mass is 10.1. The summed E-state index contributed by atoms with van der Waals surface area (Å²) in [5.74, 6) is 1.36. The molecule has 0 radical (unpaired) electrons. The van der Waals surface area contributed by atoms with Crippen LogP contribution in [0.4, 0.5) is 0 Å². The lowest BCUT2D eigenvalue weighted by Gasteiger charge is -2.17. The quantitative estimate of drug-likeness (QED) is 0.467. The van der Waals surface area contributed by atoms with Crippen molar-refractivity contribution in [2.24, 2.45) is 5.92 Å². The lowest BCUT2D eigenvalue weighted by Crippen LogP contribution is -2.26. The van der Waals surface area contributed by atoms with Crippen LogP contribution in [0, 0.1) is 5.92 Å². The summed E-state index contributed by atoms with van der Waals surface area (Å²) >= 11 is 0. The van der Waals surface area contributed by atoms with Gasteiger partial charge in [-0.05, 0) is 55.9 Å². The van der Waals surface area contributed by atoms with E-state index < -0.39 is 0 Å². The van der Waals surface area contributed by atoms with Crippen molar-refractivity contribution in [2.45, 2.75) is 38.8 Å². The van der Waals surface area contributed by atoms with Crippen molar-refractivity contribution >= 4 is 10.9 Å². The predicted octanol–water partition coefficient (Wildman–Crippen LogP) is 4.58. The third-order valence-electron chi connectivity index (χ3n) is 6.03. The average Bonchev–Trinajstić information content (AvgIpc) is 3.65. The van der Waals surface area contributed by atoms with E-state index in [1.54, 1.807) is 35.0 Å². The normalized spacial score (nSPS) is 14.4. The van der Waals surface area contributed by atoms with Crippen LogP contribution < -0.4 is 10.3 Å². The number of aromatic nitrogens is 3. The van der Waals surface area contributed by atoms with Gasteiger partial charge in [-0.15, -0.1) is 0 Å². The second-order valence-electron chi connectivity index (χ2n) is 8.32. The molecule has 2 heterocycles. The van der Waals surface area contributed by atoms with Crippen LogP contribution in [0.25, 0.3) is 22.3 Å². The number of aryl methyl sites for hydroxylation is 1. The van der Waals surface area contributed by atoms with Gasteiger partial charge in [0.05, 0.1) is 11.1 Å². The third kappa shape index (κ3) is 3.96. The number of phenols is 1. The van der Waals surface area contributed by atoms with E-state index in [1.807, 2.05) is 43.3 Å². The highest BCUT2D eigenvalue weighted by molar-refractivity contribution is 5.84. The first-order valence-corrected chi connectivity index (χ1v) is 11.0. The smallest absolute Gasteiger partial charge is 0.267 e. The summed E-state index contributed by atoms with van der Waals surface area (Å²) < 4.78 is 7.73. The maximum absolute atomic E-state index is 13.8. The van der Waals surface area contributed by atoms with Crippen molar-refractivity contribution in [3.63, 3.8) is 0 Å². The van der Waals surface area contributed by atoms with Crippen LogP contribution in [0.5, 0.6) is 11.6 Å². The number of pyridine rings is 1. The number of hydrogen-bond acceptors (Lipinski definition) is 5. The van der Waals surface area contributed by atoms with Gasteiger partial charge in [0.25, 0.3) is 5.56 Å². The number of fused-ring (bicyclic) bond motifs is 1. The molecular weight excluding hydrogens is 402 g/mol. The van der Waals surface area contributed by atoms with Crippen LogP contribution in [0.3, 0.4) is 0 Å². The largest absolute Gasteiger partial charge is 0.507 e. The van der Waals surface area contributed by atoms with E-state index in [0.29, 0.717) is 47.1 Å². The van der Waals surface area contributed by atoms with Crippen molar-refractivity contribution < 1.29 is 9.84 Å². The molecule has 1 fully saturated rings. The van der Waals surface area contributed by atoms with E-state index in [1.165, 1.54) is 0 Å². The van der Waals surface area contributed by atoms with Gasteiger partial charge in [0.15, 0.2) is 0 Å². The lowest BCUT2D eigenvalue weighted by molar-refractivity contribution is 0.192. The Bertz CT molecular complexity index is 1310. The van der Waals surface area contributed by atoms with E-state index in [0.717, 1.165) is 18.4 Å². The minimum atomic E-state index is -0.213. The predicted molar refractivity (Wildman–Crippen MR) is 124 cm³/mol. The SMILES string of the molecule is CC(Oc1nccc2nc(-c3ccccc3O)n(CCc3ccccc3)c(=O)c12)C1CC1. The van der Waals surface area contributed by atoms with Gasteiger partial charge in [-0.2, -0.15) is 0 Å². The molecule has 162 valence electrons. The Labute approximate surface area is 186 Å². The fourth-order valence-electron chi connectivity index (χ4n) is 4.02. The highest BCUT2D eigenvalue weighted by atomic mass is 16.5. The summed E-state index contributed by atoms with van der Waals surface area (Å²) in [6.07, 6.45) is 4.56. The molecule has 5 rings (SSSR count). The van der Waals surface area contributed by atoms with Crippen molar-refractivity contribution in [1.82, 2.24) is 14.5 Å². The molecule has 0 aliphatic heterocycles. The summed E-state index contributed by atoms with van der Waals surface area (Å²) in [4.78, 5) is 22.9. The Kier molecular flexibility index (Phi) is 5.35. The summed E-state index contributed by atoms with van der Waals surface area (Å²) in [5.41, 5.74) is 1.94. The Balaban J connectivity index is 1.65. The molecule has 2 aromatic carbocycles. The van der Waals surface area contributed by atoms with E-state index >= 15 is 0 Å². The fraction of sp³-hybridized carbons (Fsp3) is 0.269. The zero-order valence-corrected chi connectivity index (χ0v) is 17.9. The van der Waals surface area contributed by atoms with E-state index in [9.17, 15) is 9.90 Å². The molecule has 1 aliphatic carbocycles. The Hall–Kier alpha value is -3.67. The number of hydrogen-bond donors (Lipinski definition) is 1. The molecule has 0 saturated heterocycles. The highest BCUT2D eigenvalue weighted by Crippen LogP contribution is 2.35. The third-order valence-corrected chi connectivity index (χ3v) is 6.03. The molecule has 6 heteroatoms. The molecule has 1 unspecified atom stereocenters. The van der Waals surface area contributed by atoms with E-state index in [-0.39, 0.29) is 17.4 Å². The van der Waals surface area contributed by atoms with Gasteiger partial charge in [-0.3, -0.25) is 9.36 Å². The standard InChI is InChI=1S/C26H25N3O3/c1-17(19-11-12-19)32-25-23-21(13-15-27-25)28-24(20-9-5-6-10-22(20)30)29(26(23)31)16-14-18-7-3-2-4-8-18/h2-10,13,15,17,19,30H,11-12,14,16H2,1H3. The molecule has 0 spiro atoms. The molecule has 4 aromatic rings. The maximum Gasteiger partial charge on any atom is 0.267 e. The second kappa shape index (κ2) is 8.46. The van der Waals surface area contributed by atoms with Crippen molar-refractivity contribution in [3.8, 4) is 23.0 Å². The molecule has 0 bridgehead atoms. The monoisotopic (exact) mass is 427 g/mol. The Morgan fingerprint density at radius 2 is 1.84 bits per heavy atom. The van der Waals surface area contributed by atoms with Crippen molar-refractivity contribution in [1.29, 1.82) is 0 Å². The van der Waals surface area contributed by atoms with Gasteiger partial charge in [-0.25, -0.2) is 9.97 Å². The van der Waals surface area contributed by atoms with Gasteiger partial charge >= 0.3 is 0 Å². The molecule has 6 nitrogen and oxygen atoms in total. The van der Waals surface area contributed by atoms with E-state index in [4.69, 9.17) is 9.72 Å². The van der Waals surface area contributed by atoms with Crippen molar-refractivity contribution in [2.75, 3.05) is 0 Å². The number of para-hydroxylation sites is 1. The number of ether oxygens (including phenoxy) is 1. The van der Waals surface area contributed by atoms with Crippen LogP contribution in [-0.4, -0.2) is 25.7 Å². The summed E-state index contributed by atoms with van der Waals surface area (Å²) in [5, 5.41) is 10.9. The van der Waals surface area contributed by atoms with Gasteiger partial charge in [0, 0.05) is 12.7 Å². The summed E-state index contributed by atoms with van der Waals surface area (Å²) in [6, 6.07) is 18.7. The van der Waals surface area contributed by atoms with Crippen LogP contribution in [0.1, 0.15) is 25.3 Å². The summed E-state index contributed by atoms with van der Waals surface area (Å²) in [6.45, 7) is 2.44. The average molecular weight is 428 g/mol. The first kappa shape index (κ1) is 20.2. The highest BCUT2D eigenvalue weighted by Gasteiger charge is 2.30. The first-order valence-electron chi connectivity index (χ1n) is 11.0. The molecule has 32 heavy (non-hydrogen) atoms. The minimum Gasteiger partial charge on any atom is -0.507 e. The van der Waals surface area contributed by atoms with Gasteiger partial charge in [-0.1, -0.05) is 42.5 Å².